The van der Waals surface area contributed by atoms with E-state index in [4.69, 9.17) is 28.3 Å². The molecule has 1 aromatic carbocycles. The highest BCUT2D eigenvalue weighted by Gasteiger charge is 2.25. The van der Waals surface area contributed by atoms with E-state index in [0.717, 1.165) is 19.3 Å². The highest BCUT2D eigenvalue weighted by atomic mass is 35.5. The molecule has 0 heterocycles. The average molecular weight is 352 g/mol. The van der Waals surface area contributed by atoms with Crippen LogP contribution in [0.15, 0.2) is 17.0 Å². The van der Waals surface area contributed by atoms with E-state index < -0.39 is 21.6 Å². The fraction of sp³-hybridized carbons (Fsp3) is 0.462. The summed E-state index contributed by atoms with van der Waals surface area (Å²) in [6, 6.07) is 2.43. The van der Waals surface area contributed by atoms with Gasteiger partial charge in [-0.25, -0.2) is 17.9 Å². The molecule has 2 N–H and O–H groups in total. The van der Waals surface area contributed by atoms with Crippen LogP contribution in [-0.2, 0) is 10.0 Å². The first-order valence-electron chi connectivity index (χ1n) is 6.54. The maximum absolute atomic E-state index is 12.2. The predicted molar refractivity (Wildman–Crippen MR) is 80.6 cm³/mol. The summed E-state index contributed by atoms with van der Waals surface area (Å²) < 4.78 is 26.8. The Kier molecular flexibility index (Phi) is 5.14. The van der Waals surface area contributed by atoms with Crippen LogP contribution in [0.1, 0.15) is 36.0 Å². The van der Waals surface area contributed by atoms with E-state index in [1.807, 2.05) is 0 Å². The van der Waals surface area contributed by atoms with E-state index in [0.29, 0.717) is 12.5 Å². The molecule has 0 aromatic heterocycles. The van der Waals surface area contributed by atoms with Crippen molar-refractivity contribution < 1.29 is 18.3 Å². The number of nitrogens with one attached hydrogen (secondary N) is 1. The molecule has 1 saturated carbocycles. The summed E-state index contributed by atoms with van der Waals surface area (Å²) in [6.45, 7) is 0.314. The van der Waals surface area contributed by atoms with Gasteiger partial charge < -0.3 is 5.11 Å². The maximum atomic E-state index is 12.2. The largest absolute Gasteiger partial charge is 0.478 e. The zero-order chi connectivity index (χ0) is 15.6. The Morgan fingerprint density at radius 1 is 1.33 bits per heavy atom. The number of hydrogen-bond donors (Lipinski definition) is 2. The molecule has 1 aliphatic carbocycles. The van der Waals surface area contributed by atoms with Gasteiger partial charge >= 0.3 is 5.97 Å². The van der Waals surface area contributed by atoms with E-state index in [1.54, 1.807) is 0 Å². The van der Waals surface area contributed by atoms with Gasteiger partial charge in [-0.2, -0.15) is 0 Å². The highest BCUT2D eigenvalue weighted by Crippen LogP contribution is 2.32. The lowest BCUT2D eigenvalue weighted by molar-refractivity contribution is 0.0697. The molecule has 0 saturated heterocycles. The molecule has 0 amide bonds. The van der Waals surface area contributed by atoms with E-state index in [1.165, 1.54) is 18.6 Å². The standard InChI is InChI=1S/C13H15Cl2NO4S/c14-9-4-5-10(12(15)11(9)13(17)18)21(19,20)16-7-6-8-2-1-3-8/h4-5,8,16H,1-3,6-7H2,(H,17,18). The minimum Gasteiger partial charge on any atom is -0.478 e. The molecule has 1 fully saturated rings. The van der Waals surface area contributed by atoms with Gasteiger partial charge in [0, 0.05) is 6.54 Å². The SMILES string of the molecule is O=C(O)c1c(Cl)ccc(S(=O)(=O)NCCC2CCC2)c1Cl. The van der Waals surface area contributed by atoms with E-state index >= 15 is 0 Å². The molecule has 2 rings (SSSR count). The molecule has 0 bridgehead atoms. The lowest BCUT2D eigenvalue weighted by atomic mass is 9.83. The van der Waals surface area contributed by atoms with Crippen molar-refractivity contribution in [2.45, 2.75) is 30.6 Å². The Bertz CT molecular complexity index is 656. The summed E-state index contributed by atoms with van der Waals surface area (Å²) in [6.07, 6.45) is 4.23. The van der Waals surface area contributed by atoms with Crippen molar-refractivity contribution in [3.63, 3.8) is 0 Å². The Morgan fingerprint density at radius 3 is 2.52 bits per heavy atom. The van der Waals surface area contributed by atoms with Crippen LogP contribution in [0.5, 0.6) is 0 Å². The fourth-order valence-corrected chi connectivity index (χ4v) is 4.16. The third-order valence-electron chi connectivity index (χ3n) is 3.63. The number of aromatic carboxylic acids is 1. The van der Waals surface area contributed by atoms with Crippen molar-refractivity contribution in [2.75, 3.05) is 6.54 Å². The van der Waals surface area contributed by atoms with Gasteiger partial charge in [0.15, 0.2) is 0 Å². The molecule has 1 aromatic rings. The molecule has 21 heavy (non-hydrogen) atoms. The van der Waals surface area contributed by atoms with E-state index in [-0.39, 0.29) is 14.9 Å². The molecule has 8 heteroatoms. The third kappa shape index (κ3) is 3.69. The zero-order valence-electron chi connectivity index (χ0n) is 11.1. The minimum absolute atomic E-state index is 0.0964. The summed E-state index contributed by atoms with van der Waals surface area (Å²) >= 11 is 11.6. The van der Waals surface area contributed by atoms with Gasteiger partial charge in [-0.05, 0) is 24.5 Å². The number of halogens is 2. The van der Waals surface area contributed by atoms with Crippen LogP contribution in [0.2, 0.25) is 10.0 Å². The second-order valence-corrected chi connectivity index (χ2v) is 7.54. The molecule has 1 aliphatic rings. The molecule has 0 spiro atoms. The van der Waals surface area contributed by atoms with Gasteiger partial charge in [-0.1, -0.05) is 42.5 Å². The van der Waals surface area contributed by atoms with E-state index in [2.05, 4.69) is 4.72 Å². The first-order valence-corrected chi connectivity index (χ1v) is 8.78. The van der Waals surface area contributed by atoms with Gasteiger partial charge in [0.25, 0.3) is 0 Å². The second-order valence-electron chi connectivity index (χ2n) is 5.02. The number of carboxylic acid groups (broad SMARTS) is 1. The molecular formula is C13H15Cl2NO4S. The Hall–Kier alpha value is -0.820. The number of carbonyl (C=O) groups is 1. The van der Waals surface area contributed by atoms with Crippen molar-refractivity contribution >= 4 is 39.2 Å². The quantitative estimate of drug-likeness (QED) is 0.824. The van der Waals surface area contributed by atoms with Crippen molar-refractivity contribution in [1.82, 2.24) is 4.72 Å². The van der Waals surface area contributed by atoms with Crippen LogP contribution in [0.3, 0.4) is 0 Å². The Balaban J connectivity index is 2.19. The maximum Gasteiger partial charge on any atom is 0.338 e. The molecule has 0 radical (unpaired) electrons. The summed E-state index contributed by atoms with van der Waals surface area (Å²) in [5, 5.41) is 8.58. The second kappa shape index (κ2) is 6.52. The van der Waals surface area contributed by atoms with Gasteiger partial charge in [0.05, 0.1) is 15.6 Å². The molecule has 0 aliphatic heterocycles. The van der Waals surface area contributed by atoms with Gasteiger partial charge in [0.1, 0.15) is 4.90 Å². The number of carboxylic acids is 1. The summed E-state index contributed by atoms with van der Waals surface area (Å²) in [5.74, 6) is -0.792. The van der Waals surface area contributed by atoms with Crippen LogP contribution < -0.4 is 4.72 Å². The molecular weight excluding hydrogens is 337 g/mol. The Morgan fingerprint density at radius 2 is 2.00 bits per heavy atom. The van der Waals surface area contributed by atoms with E-state index in [9.17, 15) is 13.2 Å². The highest BCUT2D eigenvalue weighted by molar-refractivity contribution is 7.89. The van der Waals surface area contributed by atoms with Crippen molar-refractivity contribution in [3.8, 4) is 0 Å². The smallest absolute Gasteiger partial charge is 0.338 e. The van der Waals surface area contributed by atoms with Crippen LogP contribution >= 0.6 is 23.2 Å². The van der Waals surface area contributed by atoms with Crippen LogP contribution in [-0.4, -0.2) is 26.0 Å². The number of hydrogen-bond acceptors (Lipinski definition) is 3. The van der Waals surface area contributed by atoms with Crippen molar-refractivity contribution in [3.05, 3.63) is 27.7 Å². The van der Waals surface area contributed by atoms with Crippen molar-refractivity contribution in [1.29, 1.82) is 0 Å². The first-order chi connectivity index (χ1) is 9.83. The molecule has 0 unspecified atom stereocenters. The zero-order valence-corrected chi connectivity index (χ0v) is 13.4. The van der Waals surface area contributed by atoms with Crippen LogP contribution in [0.25, 0.3) is 0 Å². The molecule has 0 atom stereocenters. The fourth-order valence-electron chi connectivity index (χ4n) is 2.19. The lowest BCUT2D eigenvalue weighted by Crippen LogP contribution is -2.28. The normalized spacial score (nSPS) is 15.7. The summed E-state index contributed by atoms with van der Waals surface area (Å²) in [7, 11) is -3.85. The lowest BCUT2D eigenvalue weighted by Gasteiger charge is -2.25. The Labute approximate surface area is 133 Å². The van der Waals surface area contributed by atoms with Gasteiger partial charge in [-0.3, -0.25) is 0 Å². The number of sulfonamides is 1. The van der Waals surface area contributed by atoms with Crippen LogP contribution in [0, 0.1) is 5.92 Å². The van der Waals surface area contributed by atoms with Gasteiger partial charge in [0.2, 0.25) is 10.0 Å². The van der Waals surface area contributed by atoms with Gasteiger partial charge in [-0.15, -0.1) is 0 Å². The molecule has 116 valence electrons. The number of benzene rings is 1. The first kappa shape index (κ1) is 16.5. The minimum atomic E-state index is -3.85. The predicted octanol–water partition coefficient (Wildman–Crippen LogP) is 3.16. The topological polar surface area (TPSA) is 83.5 Å². The average Bonchev–Trinajstić information content (AvgIpc) is 2.31. The monoisotopic (exact) mass is 351 g/mol. The summed E-state index contributed by atoms with van der Waals surface area (Å²) in [5.41, 5.74) is -0.403. The van der Waals surface area contributed by atoms with Crippen molar-refractivity contribution in [2.24, 2.45) is 5.92 Å². The third-order valence-corrected chi connectivity index (χ3v) is 5.95. The van der Waals surface area contributed by atoms with Crippen LogP contribution in [0.4, 0.5) is 0 Å². The number of rotatable bonds is 6. The summed E-state index contributed by atoms with van der Waals surface area (Å²) in [4.78, 5) is 10.8. The molecule has 5 nitrogen and oxygen atoms in total.